The molecule has 0 aromatic carbocycles. The van der Waals surface area contributed by atoms with Gasteiger partial charge in [0.2, 0.25) is 0 Å². The van der Waals surface area contributed by atoms with E-state index in [4.69, 9.17) is 4.42 Å². The fraction of sp³-hybridized carbons (Fsp3) is 0.588. The first-order valence-electron chi connectivity index (χ1n) is 8.49. The minimum atomic E-state index is -1.13. The molecule has 7 heteroatoms. The smallest absolute Gasteiger partial charge is 0.257 e. The number of hydrogen-bond donors (Lipinski definition) is 1. The summed E-state index contributed by atoms with van der Waals surface area (Å²) in [5, 5.41) is 19.1. The molecule has 0 bridgehead atoms. The molecule has 2 aliphatic rings. The van der Waals surface area contributed by atoms with Crippen LogP contribution in [0, 0.1) is 0 Å². The Morgan fingerprint density at radius 2 is 2.25 bits per heavy atom. The zero-order valence-electron chi connectivity index (χ0n) is 14.0. The van der Waals surface area contributed by atoms with Crippen molar-refractivity contribution in [2.45, 2.75) is 50.7 Å². The van der Waals surface area contributed by atoms with Gasteiger partial charge in [-0.2, -0.15) is 0 Å². The molecule has 0 spiro atoms. The Hall–Kier alpha value is -2.15. The van der Waals surface area contributed by atoms with E-state index >= 15 is 0 Å². The molecule has 24 heavy (non-hydrogen) atoms. The predicted molar refractivity (Wildman–Crippen MR) is 85.5 cm³/mol. The van der Waals surface area contributed by atoms with Crippen LogP contribution in [0.4, 0.5) is 0 Å². The van der Waals surface area contributed by atoms with Crippen LogP contribution in [0.2, 0.25) is 0 Å². The number of hydrogen-bond acceptors (Lipinski definition) is 5. The molecule has 1 aliphatic heterocycles. The number of β-amino-alcohol motifs (C(OH)–C–C–N with tert-alkyl or cyclic N) is 1. The highest BCUT2D eigenvalue weighted by Crippen LogP contribution is 2.42. The summed E-state index contributed by atoms with van der Waals surface area (Å²) in [6.07, 6.45) is 5.97. The van der Waals surface area contributed by atoms with Crippen molar-refractivity contribution >= 4 is 5.91 Å². The molecule has 7 nitrogen and oxygen atoms in total. The van der Waals surface area contributed by atoms with Crippen LogP contribution in [-0.2, 0) is 5.60 Å². The van der Waals surface area contributed by atoms with Gasteiger partial charge in [0, 0.05) is 24.9 Å². The number of aromatic nitrogens is 3. The number of carbonyl (C=O) groups excluding carboxylic acids is 1. The first-order chi connectivity index (χ1) is 11.5. The summed E-state index contributed by atoms with van der Waals surface area (Å²) in [5.74, 6) is 1.10. The van der Waals surface area contributed by atoms with Gasteiger partial charge in [0.15, 0.2) is 0 Å². The lowest BCUT2D eigenvalue weighted by molar-refractivity contribution is 0.0381. The van der Waals surface area contributed by atoms with E-state index in [-0.39, 0.29) is 18.5 Å². The predicted octanol–water partition coefficient (Wildman–Crippen LogP) is 2.06. The molecule has 1 aliphatic carbocycles. The van der Waals surface area contributed by atoms with Gasteiger partial charge in [0.1, 0.15) is 17.1 Å². The molecule has 2 fully saturated rings. The van der Waals surface area contributed by atoms with Crippen LogP contribution in [-0.4, -0.2) is 44.0 Å². The Morgan fingerprint density at radius 1 is 1.46 bits per heavy atom. The minimum absolute atomic E-state index is 0.0715. The lowest BCUT2D eigenvalue weighted by Crippen LogP contribution is -2.34. The number of furan rings is 1. The number of likely N-dealkylation sites (tertiary alicyclic amines) is 1. The molecule has 4 rings (SSSR count). The van der Waals surface area contributed by atoms with Gasteiger partial charge in [-0.15, -0.1) is 5.10 Å². The average Bonchev–Trinajstić information content (AvgIpc) is 2.99. The molecule has 2 aromatic heterocycles. The number of nitrogens with zero attached hydrogens (tertiary/aromatic N) is 4. The van der Waals surface area contributed by atoms with Crippen LogP contribution in [0.25, 0.3) is 0 Å². The number of aliphatic hydroxyl groups is 1. The summed E-state index contributed by atoms with van der Waals surface area (Å²) in [4.78, 5) is 14.5. The maximum atomic E-state index is 12.8. The van der Waals surface area contributed by atoms with Gasteiger partial charge in [-0.1, -0.05) is 5.21 Å². The van der Waals surface area contributed by atoms with Crippen molar-refractivity contribution in [3.8, 4) is 0 Å². The van der Waals surface area contributed by atoms with E-state index in [0.29, 0.717) is 30.1 Å². The maximum absolute atomic E-state index is 12.8. The third-order valence-corrected chi connectivity index (χ3v) is 4.92. The lowest BCUT2D eigenvalue weighted by Gasteiger charge is -2.21. The Bertz CT molecular complexity index is 761. The number of amides is 1. The summed E-state index contributed by atoms with van der Waals surface area (Å²) >= 11 is 0. The van der Waals surface area contributed by atoms with Gasteiger partial charge in [-0.05, 0) is 32.8 Å². The van der Waals surface area contributed by atoms with Crippen LogP contribution in [0.3, 0.4) is 0 Å². The van der Waals surface area contributed by atoms with E-state index in [0.717, 1.165) is 18.6 Å². The van der Waals surface area contributed by atoms with E-state index in [1.807, 2.05) is 13.8 Å². The standard InChI is InChI=1S/C17H22N4O3/c1-11(2)21-9-14(18-19-21)17(23)6-7-20(10-17)16(22)13-5-8-24-15(13)12-3-4-12/h5,8-9,11-12,23H,3-4,6-7,10H2,1-2H3/t17-/m1/s1. The quantitative estimate of drug-likeness (QED) is 0.927. The largest absolute Gasteiger partial charge is 0.468 e. The van der Waals surface area contributed by atoms with Crippen molar-refractivity contribution in [2.75, 3.05) is 13.1 Å². The second-order valence-corrected chi connectivity index (χ2v) is 7.16. The monoisotopic (exact) mass is 330 g/mol. The van der Waals surface area contributed by atoms with Gasteiger partial charge in [-0.3, -0.25) is 4.79 Å². The highest BCUT2D eigenvalue weighted by Gasteiger charge is 2.43. The fourth-order valence-corrected chi connectivity index (χ4v) is 3.25. The van der Waals surface area contributed by atoms with Crippen LogP contribution in [0.1, 0.15) is 66.9 Å². The van der Waals surface area contributed by atoms with Gasteiger partial charge < -0.3 is 14.4 Å². The molecule has 1 saturated carbocycles. The van der Waals surface area contributed by atoms with E-state index in [9.17, 15) is 9.90 Å². The summed E-state index contributed by atoms with van der Waals surface area (Å²) < 4.78 is 7.22. The molecular formula is C17H22N4O3. The highest BCUT2D eigenvalue weighted by atomic mass is 16.3. The maximum Gasteiger partial charge on any atom is 0.257 e. The number of carbonyl (C=O) groups is 1. The lowest BCUT2D eigenvalue weighted by atomic mass is 10.00. The Labute approximate surface area is 140 Å². The summed E-state index contributed by atoms with van der Waals surface area (Å²) in [5.41, 5.74) is 0.0282. The van der Waals surface area contributed by atoms with Crippen molar-refractivity contribution in [2.24, 2.45) is 0 Å². The summed E-state index contributed by atoms with van der Waals surface area (Å²) in [6.45, 7) is 4.74. The van der Waals surface area contributed by atoms with Crippen molar-refractivity contribution in [1.29, 1.82) is 0 Å². The van der Waals surface area contributed by atoms with Crippen LogP contribution < -0.4 is 0 Å². The van der Waals surface area contributed by atoms with Crippen molar-refractivity contribution < 1.29 is 14.3 Å². The van der Waals surface area contributed by atoms with Gasteiger partial charge >= 0.3 is 0 Å². The van der Waals surface area contributed by atoms with Crippen LogP contribution in [0.15, 0.2) is 22.9 Å². The first kappa shape index (κ1) is 15.4. The fourth-order valence-electron chi connectivity index (χ4n) is 3.25. The zero-order chi connectivity index (χ0) is 16.9. The van der Waals surface area contributed by atoms with Gasteiger partial charge in [0.25, 0.3) is 5.91 Å². The van der Waals surface area contributed by atoms with Crippen molar-refractivity contribution in [1.82, 2.24) is 19.9 Å². The Kier molecular flexibility index (Phi) is 3.49. The minimum Gasteiger partial charge on any atom is -0.468 e. The molecule has 3 heterocycles. The summed E-state index contributed by atoms with van der Waals surface area (Å²) in [6, 6.07) is 1.92. The molecular weight excluding hydrogens is 308 g/mol. The van der Waals surface area contributed by atoms with Crippen molar-refractivity contribution in [3.05, 3.63) is 35.5 Å². The van der Waals surface area contributed by atoms with Crippen LogP contribution in [0.5, 0.6) is 0 Å². The molecule has 2 aromatic rings. The van der Waals surface area contributed by atoms with E-state index in [2.05, 4.69) is 10.3 Å². The molecule has 1 saturated heterocycles. The van der Waals surface area contributed by atoms with E-state index in [1.54, 1.807) is 28.1 Å². The van der Waals surface area contributed by atoms with Crippen molar-refractivity contribution in [3.63, 3.8) is 0 Å². The van der Waals surface area contributed by atoms with Gasteiger partial charge in [-0.25, -0.2) is 4.68 Å². The molecule has 128 valence electrons. The third-order valence-electron chi connectivity index (χ3n) is 4.92. The Balaban J connectivity index is 1.52. The second-order valence-electron chi connectivity index (χ2n) is 7.16. The third kappa shape index (κ3) is 2.53. The number of rotatable bonds is 4. The zero-order valence-corrected chi connectivity index (χ0v) is 14.0. The second kappa shape index (κ2) is 5.44. The normalized spacial score (nSPS) is 24.1. The average molecular weight is 330 g/mol. The molecule has 1 atom stereocenters. The molecule has 1 amide bonds. The van der Waals surface area contributed by atoms with E-state index in [1.165, 1.54) is 0 Å². The molecule has 1 N–H and O–H groups in total. The van der Waals surface area contributed by atoms with E-state index < -0.39 is 5.60 Å². The molecule has 0 unspecified atom stereocenters. The first-order valence-corrected chi connectivity index (χ1v) is 8.49. The molecule has 0 radical (unpaired) electrons. The SMILES string of the molecule is CC(C)n1cc([C@@]2(O)CCN(C(=O)c3ccoc3C3CC3)C2)nn1. The topological polar surface area (TPSA) is 84.4 Å². The highest BCUT2D eigenvalue weighted by molar-refractivity contribution is 5.95. The Morgan fingerprint density at radius 3 is 2.92 bits per heavy atom. The summed E-state index contributed by atoms with van der Waals surface area (Å²) in [7, 11) is 0. The van der Waals surface area contributed by atoms with Crippen LogP contribution >= 0.6 is 0 Å². The van der Waals surface area contributed by atoms with Gasteiger partial charge in [0.05, 0.1) is 24.6 Å².